The van der Waals surface area contributed by atoms with Gasteiger partial charge in [-0.1, -0.05) is 6.07 Å². The number of aryl methyl sites for hydroxylation is 1. The predicted octanol–water partition coefficient (Wildman–Crippen LogP) is 1.86. The summed E-state index contributed by atoms with van der Waals surface area (Å²) in [5.74, 6) is 0.439. The van der Waals surface area contributed by atoms with Crippen LogP contribution in [0.15, 0.2) is 18.2 Å². The average molecular weight is 248 g/mol. The highest BCUT2D eigenvalue weighted by Crippen LogP contribution is 2.46. The van der Waals surface area contributed by atoms with Gasteiger partial charge in [0.05, 0.1) is 4.92 Å². The summed E-state index contributed by atoms with van der Waals surface area (Å²) in [5, 5.41) is 21.1. The number of benzene rings is 1. The fourth-order valence-corrected chi connectivity index (χ4v) is 2.67. The van der Waals surface area contributed by atoms with Gasteiger partial charge in [0.25, 0.3) is 5.69 Å². The number of anilines is 1. The van der Waals surface area contributed by atoms with Crippen LogP contribution < -0.4 is 4.90 Å². The molecule has 1 N–H and O–H groups in total. The van der Waals surface area contributed by atoms with Crippen LogP contribution in [0.3, 0.4) is 0 Å². The van der Waals surface area contributed by atoms with Crippen LogP contribution in [0, 0.1) is 23.0 Å². The largest absolute Gasteiger partial charge is 0.386 e. The maximum absolute atomic E-state index is 10.9. The first-order chi connectivity index (χ1) is 8.49. The molecular formula is C13H16N2O3. The van der Waals surface area contributed by atoms with Gasteiger partial charge in [0.1, 0.15) is 5.60 Å². The lowest BCUT2D eigenvalue weighted by Crippen LogP contribution is -2.63. The Labute approximate surface area is 105 Å². The van der Waals surface area contributed by atoms with Crippen molar-refractivity contribution in [1.29, 1.82) is 0 Å². The molecule has 1 saturated heterocycles. The van der Waals surface area contributed by atoms with Crippen LogP contribution in [0.1, 0.15) is 18.4 Å². The SMILES string of the molecule is Cc1ccc(N2CC(O)(C3CC3)C2)cc1[N+](=O)[O-]. The predicted molar refractivity (Wildman–Crippen MR) is 67.7 cm³/mol. The zero-order valence-corrected chi connectivity index (χ0v) is 10.3. The van der Waals surface area contributed by atoms with Gasteiger partial charge in [-0.3, -0.25) is 10.1 Å². The molecule has 5 heteroatoms. The molecule has 0 unspecified atom stereocenters. The van der Waals surface area contributed by atoms with E-state index in [4.69, 9.17) is 0 Å². The Morgan fingerprint density at radius 1 is 1.44 bits per heavy atom. The molecule has 0 bridgehead atoms. The minimum absolute atomic E-state index is 0.148. The van der Waals surface area contributed by atoms with Gasteiger partial charge in [0.2, 0.25) is 0 Å². The molecule has 18 heavy (non-hydrogen) atoms. The van der Waals surface area contributed by atoms with Crippen molar-refractivity contribution in [3.63, 3.8) is 0 Å². The van der Waals surface area contributed by atoms with E-state index in [1.807, 2.05) is 11.0 Å². The second kappa shape index (κ2) is 3.68. The number of nitro benzene ring substituents is 1. The minimum Gasteiger partial charge on any atom is -0.386 e. The number of rotatable bonds is 3. The molecule has 3 rings (SSSR count). The fourth-order valence-electron chi connectivity index (χ4n) is 2.67. The summed E-state index contributed by atoms with van der Waals surface area (Å²) in [6, 6.07) is 5.25. The standard InChI is InChI=1S/C13H16N2O3/c1-9-2-5-11(6-12(9)15(17)18)14-7-13(16,8-14)10-3-4-10/h2,5-6,10,16H,3-4,7-8H2,1H3. The van der Waals surface area contributed by atoms with Crippen molar-refractivity contribution in [1.82, 2.24) is 0 Å². The van der Waals surface area contributed by atoms with Crippen LogP contribution >= 0.6 is 0 Å². The van der Waals surface area contributed by atoms with Crippen LogP contribution in [0.25, 0.3) is 0 Å². The van der Waals surface area contributed by atoms with Crippen molar-refractivity contribution in [2.75, 3.05) is 18.0 Å². The summed E-state index contributed by atoms with van der Waals surface area (Å²) >= 11 is 0. The van der Waals surface area contributed by atoms with Gasteiger partial charge in [-0.05, 0) is 31.7 Å². The average Bonchev–Trinajstić information content (AvgIpc) is 3.09. The molecular weight excluding hydrogens is 232 g/mol. The highest BCUT2D eigenvalue weighted by atomic mass is 16.6. The number of β-amino-alcohol motifs (C(OH)–C–C–N with tert-alkyl or cyclic N) is 1. The zero-order valence-electron chi connectivity index (χ0n) is 10.3. The first-order valence-electron chi connectivity index (χ1n) is 6.22. The molecule has 0 radical (unpaired) electrons. The molecule has 0 spiro atoms. The van der Waals surface area contributed by atoms with Crippen molar-refractivity contribution in [2.45, 2.75) is 25.4 Å². The van der Waals surface area contributed by atoms with Gasteiger partial charge in [-0.25, -0.2) is 0 Å². The lowest BCUT2D eigenvalue weighted by atomic mass is 9.88. The Hall–Kier alpha value is -1.62. The lowest BCUT2D eigenvalue weighted by molar-refractivity contribution is -0.385. The number of hydrogen-bond donors (Lipinski definition) is 1. The molecule has 2 aliphatic rings. The highest BCUT2D eigenvalue weighted by Gasteiger charge is 2.52. The molecule has 96 valence electrons. The van der Waals surface area contributed by atoms with Gasteiger partial charge in [-0.2, -0.15) is 0 Å². The number of nitrogens with zero attached hydrogens (tertiary/aromatic N) is 2. The van der Waals surface area contributed by atoms with E-state index < -0.39 is 5.60 Å². The lowest BCUT2D eigenvalue weighted by Gasteiger charge is -2.48. The van der Waals surface area contributed by atoms with Crippen molar-refractivity contribution < 1.29 is 10.0 Å². The van der Waals surface area contributed by atoms with E-state index >= 15 is 0 Å². The molecule has 0 amide bonds. The summed E-state index contributed by atoms with van der Waals surface area (Å²) in [6.45, 7) is 2.92. The van der Waals surface area contributed by atoms with Crippen LogP contribution in [-0.4, -0.2) is 28.7 Å². The molecule has 0 atom stereocenters. The Morgan fingerprint density at radius 2 is 2.11 bits per heavy atom. The number of hydrogen-bond acceptors (Lipinski definition) is 4. The smallest absolute Gasteiger partial charge is 0.274 e. The summed E-state index contributed by atoms with van der Waals surface area (Å²) in [4.78, 5) is 12.5. The summed E-state index contributed by atoms with van der Waals surface area (Å²) < 4.78 is 0. The van der Waals surface area contributed by atoms with E-state index in [9.17, 15) is 15.2 Å². The second-order valence-electron chi connectivity index (χ2n) is 5.46. The van der Waals surface area contributed by atoms with Crippen LogP contribution in [-0.2, 0) is 0 Å². The molecule has 1 heterocycles. The van der Waals surface area contributed by atoms with Crippen molar-refractivity contribution in [3.05, 3.63) is 33.9 Å². The second-order valence-corrected chi connectivity index (χ2v) is 5.46. The summed E-state index contributed by atoms with van der Waals surface area (Å²) in [7, 11) is 0. The molecule has 2 fully saturated rings. The van der Waals surface area contributed by atoms with Gasteiger partial charge < -0.3 is 10.0 Å². The van der Waals surface area contributed by atoms with Gasteiger partial charge in [0.15, 0.2) is 0 Å². The number of nitro groups is 1. The fraction of sp³-hybridized carbons (Fsp3) is 0.538. The maximum Gasteiger partial charge on any atom is 0.274 e. The van der Waals surface area contributed by atoms with Crippen LogP contribution in [0.5, 0.6) is 0 Å². The third-order valence-corrected chi connectivity index (χ3v) is 4.02. The van der Waals surface area contributed by atoms with Gasteiger partial charge in [-0.15, -0.1) is 0 Å². The monoisotopic (exact) mass is 248 g/mol. The Kier molecular flexibility index (Phi) is 2.35. The van der Waals surface area contributed by atoms with Crippen molar-refractivity contribution >= 4 is 11.4 Å². The molecule has 1 aromatic carbocycles. The third-order valence-electron chi connectivity index (χ3n) is 4.02. The highest BCUT2D eigenvalue weighted by molar-refractivity contribution is 5.58. The van der Waals surface area contributed by atoms with E-state index in [0.717, 1.165) is 18.5 Å². The van der Waals surface area contributed by atoms with E-state index in [-0.39, 0.29) is 10.6 Å². The quantitative estimate of drug-likeness (QED) is 0.655. The van der Waals surface area contributed by atoms with E-state index in [1.54, 1.807) is 19.1 Å². The molecule has 1 aromatic rings. The van der Waals surface area contributed by atoms with Crippen LogP contribution in [0.2, 0.25) is 0 Å². The third kappa shape index (κ3) is 1.75. The minimum atomic E-state index is -0.556. The Bertz CT molecular complexity index is 505. The molecule has 1 aliphatic carbocycles. The Morgan fingerprint density at radius 3 is 2.67 bits per heavy atom. The maximum atomic E-state index is 10.9. The first-order valence-corrected chi connectivity index (χ1v) is 6.22. The van der Waals surface area contributed by atoms with Gasteiger partial charge >= 0.3 is 0 Å². The zero-order chi connectivity index (χ0) is 12.9. The summed E-state index contributed by atoms with van der Waals surface area (Å²) in [5.41, 5.74) is 1.09. The molecule has 0 aromatic heterocycles. The van der Waals surface area contributed by atoms with E-state index in [1.165, 1.54) is 0 Å². The number of aliphatic hydroxyl groups is 1. The Balaban J connectivity index is 1.78. The summed E-state index contributed by atoms with van der Waals surface area (Å²) in [6.07, 6.45) is 2.22. The molecule has 5 nitrogen and oxygen atoms in total. The normalized spacial score (nSPS) is 21.6. The molecule has 1 saturated carbocycles. The molecule has 1 aliphatic heterocycles. The first kappa shape index (κ1) is 11.5. The van der Waals surface area contributed by atoms with E-state index in [2.05, 4.69) is 0 Å². The van der Waals surface area contributed by atoms with Gasteiger partial charge in [0, 0.05) is 30.4 Å². The topological polar surface area (TPSA) is 66.6 Å². The van der Waals surface area contributed by atoms with Crippen molar-refractivity contribution in [3.8, 4) is 0 Å². The van der Waals surface area contributed by atoms with Crippen molar-refractivity contribution in [2.24, 2.45) is 5.92 Å². The van der Waals surface area contributed by atoms with Crippen LogP contribution in [0.4, 0.5) is 11.4 Å². The van der Waals surface area contributed by atoms with E-state index in [0.29, 0.717) is 24.6 Å².